The van der Waals surface area contributed by atoms with Gasteiger partial charge in [-0.15, -0.1) is 0 Å². The molecule has 8 heteroatoms. The van der Waals surface area contributed by atoms with Crippen LogP contribution in [0.3, 0.4) is 0 Å². The zero-order chi connectivity index (χ0) is 13.7. The molecule has 0 radical (unpaired) electrons. The summed E-state index contributed by atoms with van der Waals surface area (Å²) in [6.07, 6.45) is 0.647. The van der Waals surface area contributed by atoms with Crippen molar-refractivity contribution in [2.45, 2.75) is 19.4 Å². The second kappa shape index (κ2) is 5.92. The van der Waals surface area contributed by atoms with Crippen LogP contribution in [-0.4, -0.2) is 22.4 Å². The van der Waals surface area contributed by atoms with E-state index in [0.29, 0.717) is 13.0 Å². The Morgan fingerprint density at radius 2 is 2.00 bits per heavy atom. The van der Waals surface area contributed by atoms with E-state index in [0.717, 1.165) is 6.07 Å². The quantitative estimate of drug-likeness (QED) is 0.587. The van der Waals surface area contributed by atoms with E-state index in [1.54, 1.807) is 0 Å². The number of non-ortho nitro benzene ring substituents is 1. The Labute approximate surface area is 103 Å². The molecule has 0 aromatic heterocycles. The maximum Gasteiger partial charge on any atom is 0.299 e. The van der Waals surface area contributed by atoms with Crippen LogP contribution in [0.25, 0.3) is 0 Å². The van der Waals surface area contributed by atoms with Crippen molar-refractivity contribution in [2.24, 2.45) is 5.73 Å². The number of hydrogen-bond donors (Lipinski definition) is 2. The molecule has 1 unspecified atom stereocenters. The molecule has 0 saturated heterocycles. The van der Waals surface area contributed by atoms with Crippen LogP contribution in [0.4, 0.5) is 17.1 Å². The molecule has 0 amide bonds. The monoisotopic (exact) mass is 254 g/mol. The topological polar surface area (TPSA) is 124 Å². The summed E-state index contributed by atoms with van der Waals surface area (Å²) in [6, 6.07) is 3.47. The van der Waals surface area contributed by atoms with Crippen molar-refractivity contribution in [3.63, 3.8) is 0 Å². The van der Waals surface area contributed by atoms with E-state index in [-0.39, 0.29) is 23.1 Å². The minimum absolute atomic E-state index is 0.0189. The Hall–Kier alpha value is -2.22. The maximum absolute atomic E-state index is 10.8. The second-order valence-corrected chi connectivity index (χ2v) is 3.91. The molecule has 1 atom stereocenters. The summed E-state index contributed by atoms with van der Waals surface area (Å²) >= 11 is 0. The number of nitrogens with two attached hydrogens (primary N) is 1. The summed E-state index contributed by atoms with van der Waals surface area (Å²) < 4.78 is 0. The van der Waals surface area contributed by atoms with Crippen molar-refractivity contribution in [1.82, 2.24) is 0 Å². The van der Waals surface area contributed by atoms with E-state index in [9.17, 15) is 20.2 Å². The SMILES string of the molecule is CC(N)CCNc1ccc([N+](=O)[O-])cc1[N+](=O)[O-]. The highest BCUT2D eigenvalue weighted by atomic mass is 16.6. The summed E-state index contributed by atoms with van der Waals surface area (Å²) in [5.74, 6) is 0. The fourth-order valence-corrected chi connectivity index (χ4v) is 1.37. The molecular formula is C10H14N4O4. The Balaban J connectivity index is 2.90. The van der Waals surface area contributed by atoms with Crippen LogP contribution in [0.5, 0.6) is 0 Å². The van der Waals surface area contributed by atoms with E-state index >= 15 is 0 Å². The molecule has 0 aliphatic carbocycles. The average Bonchev–Trinajstić information content (AvgIpc) is 2.28. The van der Waals surface area contributed by atoms with Crippen LogP contribution in [-0.2, 0) is 0 Å². The van der Waals surface area contributed by atoms with Crippen LogP contribution >= 0.6 is 0 Å². The lowest BCUT2D eigenvalue weighted by molar-refractivity contribution is -0.393. The molecule has 0 saturated carbocycles. The third-order valence-corrected chi connectivity index (χ3v) is 2.30. The Morgan fingerprint density at radius 1 is 1.33 bits per heavy atom. The minimum Gasteiger partial charge on any atom is -0.379 e. The van der Waals surface area contributed by atoms with E-state index in [1.807, 2.05) is 6.92 Å². The highest BCUT2D eigenvalue weighted by Crippen LogP contribution is 2.28. The smallest absolute Gasteiger partial charge is 0.299 e. The lowest BCUT2D eigenvalue weighted by atomic mass is 10.2. The van der Waals surface area contributed by atoms with Gasteiger partial charge in [-0.1, -0.05) is 0 Å². The number of benzene rings is 1. The van der Waals surface area contributed by atoms with E-state index < -0.39 is 9.85 Å². The number of nitro benzene ring substituents is 2. The molecule has 18 heavy (non-hydrogen) atoms. The number of nitrogens with zero attached hydrogens (tertiary/aromatic N) is 2. The Kier molecular flexibility index (Phi) is 4.55. The summed E-state index contributed by atoms with van der Waals surface area (Å²) in [5, 5.41) is 24.2. The van der Waals surface area contributed by atoms with Gasteiger partial charge in [0.15, 0.2) is 0 Å². The lowest BCUT2D eigenvalue weighted by Gasteiger charge is -2.08. The first-order valence-electron chi connectivity index (χ1n) is 5.34. The van der Waals surface area contributed by atoms with Gasteiger partial charge in [-0.3, -0.25) is 20.2 Å². The normalized spacial score (nSPS) is 11.9. The van der Waals surface area contributed by atoms with Gasteiger partial charge < -0.3 is 11.1 Å². The fraction of sp³-hybridized carbons (Fsp3) is 0.400. The zero-order valence-corrected chi connectivity index (χ0v) is 9.83. The molecule has 98 valence electrons. The van der Waals surface area contributed by atoms with Gasteiger partial charge in [0.2, 0.25) is 0 Å². The summed E-state index contributed by atoms with van der Waals surface area (Å²) in [4.78, 5) is 20.0. The number of rotatable bonds is 6. The van der Waals surface area contributed by atoms with Crippen molar-refractivity contribution in [3.05, 3.63) is 38.4 Å². The molecule has 0 aliphatic heterocycles. The van der Waals surface area contributed by atoms with Crippen molar-refractivity contribution in [1.29, 1.82) is 0 Å². The molecule has 1 rings (SSSR count). The number of hydrogen-bond acceptors (Lipinski definition) is 6. The van der Waals surface area contributed by atoms with Crippen LogP contribution < -0.4 is 11.1 Å². The molecule has 0 bridgehead atoms. The van der Waals surface area contributed by atoms with Crippen LogP contribution in [0.2, 0.25) is 0 Å². The number of nitro groups is 2. The van der Waals surface area contributed by atoms with Crippen LogP contribution in [0.15, 0.2) is 18.2 Å². The molecule has 3 N–H and O–H groups in total. The first-order chi connectivity index (χ1) is 8.41. The van der Waals surface area contributed by atoms with Crippen LogP contribution in [0, 0.1) is 20.2 Å². The third-order valence-electron chi connectivity index (χ3n) is 2.30. The van der Waals surface area contributed by atoms with Crippen molar-refractivity contribution < 1.29 is 9.85 Å². The highest BCUT2D eigenvalue weighted by Gasteiger charge is 2.18. The predicted octanol–water partition coefficient (Wildman–Crippen LogP) is 1.65. The fourth-order valence-electron chi connectivity index (χ4n) is 1.37. The summed E-state index contributed by atoms with van der Waals surface area (Å²) in [5.41, 5.74) is 5.19. The minimum atomic E-state index is -0.668. The Morgan fingerprint density at radius 3 is 2.50 bits per heavy atom. The number of anilines is 1. The zero-order valence-electron chi connectivity index (χ0n) is 9.83. The Bertz CT molecular complexity index is 461. The lowest BCUT2D eigenvalue weighted by Crippen LogP contribution is -2.19. The van der Waals surface area contributed by atoms with Gasteiger partial charge in [-0.05, 0) is 19.4 Å². The largest absolute Gasteiger partial charge is 0.379 e. The first kappa shape index (κ1) is 13.8. The molecule has 1 aromatic carbocycles. The second-order valence-electron chi connectivity index (χ2n) is 3.91. The van der Waals surface area contributed by atoms with E-state index in [2.05, 4.69) is 5.32 Å². The standard InChI is InChI=1S/C10H14N4O4/c1-7(11)4-5-12-9-3-2-8(13(15)16)6-10(9)14(17)18/h2-3,6-7,12H,4-5,11H2,1H3. The van der Waals surface area contributed by atoms with Gasteiger partial charge >= 0.3 is 0 Å². The molecule has 8 nitrogen and oxygen atoms in total. The van der Waals surface area contributed by atoms with Crippen LogP contribution in [0.1, 0.15) is 13.3 Å². The summed E-state index contributed by atoms with van der Waals surface area (Å²) in [6.45, 7) is 2.29. The van der Waals surface area contributed by atoms with Crippen molar-refractivity contribution in [2.75, 3.05) is 11.9 Å². The molecule has 0 fully saturated rings. The van der Waals surface area contributed by atoms with E-state index in [4.69, 9.17) is 5.73 Å². The molecule has 1 aromatic rings. The van der Waals surface area contributed by atoms with Crippen molar-refractivity contribution in [3.8, 4) is 0 Å². The van der Waals surface area contributed by atoms with Gasteiger partial charge in [0.25, 0.3) is 11.4 Å². The van der Waals surface area contributed by atoms with E-state index in [1.165, 1.54) is 12.1 Å². The maximum atomic E-state index is 10.8. The number of nitrogens with one attached hydrogen (secondary N) is 1. The predicted molar refractivity (Wildman–Crippen MR) is 66.5 cm³/mol. The molecule has 0 spiro atoms. The highest BCUT2D eigenvalue weighted by molar-refractivity contribution is 5.65. The average molecular weight is 254 g/mol. The molecule has 0 heterocycles. The molecular weight excluding hydrogens is 240 g/mol. The molecule has 0 aliphatic rings. The van der Waals surface area contributed by atoms with Gasteiger partial charge in [0.1, 0.15) is 5.69 Å². The third kappa shape index (κ3) is 3.67. The summed E-state index contributed by atoms with van der Waals surface area (Å²) in [7, 11) is 0. The van der Waals surface area contributed by atoms with Crippen molar-refractivity contribution >= 4 is 17.1 Å². The van der Waals surface area contributed by atoms with Gasteiger partial charge in [0, 0.05) is 18.7 Å². The van der Waals surface area contributed by atoms with Gasteiger partial charge in [-0.2, -0.15) is 0 Å². The van der Waals surface area contributed by atoms with Gasteiger partial charge in [-0.25, -0.2) is 0 Å². The van der Waals surface area contributed by atoms with Gasteiger partial charge in [0.05, 0.1) is 15.9 Å². The first-order valence-corrected chi connectivity index (χ1v) is 5.34.